The third-order valence-electron chi connectivity index (χ3n) is 2.73. The highest BCUT2D eigenvalue weighted by Gasteiger charge is 2.11. The number of H-pyrrole nitrogens is 1. The fourth-order valence-electron chi connectivity index (χ4n) is 1.70. The van der Waals surface area contributed by atoms with E-state index in [-0.39, 0.29) is 5.91 Å². The number of aryl methyl sites for hydroxylation is 1. The van der Waals surface area contributed by atoms with Crippen molar-refractivity contribution >= 4 is 11.6 Å². The Bertz CT molecular complexity index is 715. The van der Waals surface area contributed by atoms with Gasteiger partial charge < -0.3 is 5.32 Å². The lowest BCUT2D eigenvalue weighted by Gasteiger charge is -2.05. The summed E-state index contributed by atoms with van der Waals surface area (Å²) in [5, 5.41) is 13.3. The molecule has 20 heavy (non-hydrogen) atoms. The lowest BCUT2D eigenvalue weighted by Crippen LogP contribution is -2.12. The van der Waals surface area contributed by atoms with E-state index in [1.54, 1.807) is 31.6 Å². The molecule has 0 bridgehead atoms. The number of hydrogen-bond donors (Lipinski definition) is 2. The molecule has 8 heteroatoms. The predicted molar refractivity (Wildman–Crippen MR) is 70.4 cm³/mol. The first-order valence-electron chi connectivity index (χ1n) is 5.86. The van der Waals surface area contributed by atoms with Gasteiger partial charge >= 0.3 is 0 Å². The van der Waals surface area contributed by atoms with Crippen molar-refractivity contribution in [2.75, 3.05) is 5.32 Å². The van der Waals surface area contributed by atoms with Crippen LogP contribution in [-0.4, -0.2) is 35.9 Å². The van der Waals surface area contributed by atoms with Gasteiger partial charge in [0.2, 0.25) is 0 Å². The van der Waals surface area contributed by atoms with Gasteiger partial charge in [0.25, 0.3) is 5.91 Å². The maximum absolute atomic E-state index is 12.0. The number of anilines is 1. The van der Waals surface area contributed by atoms with Crippen LogP contribution in [0, 0.1) is 6.92 Å². The van der Waals surface area contributed by atoms with Crippen LogP contribution in [0.25, 0.3) is 5.82 Å². The van der Waals surface area contributed by atoms with Gasteiger partial charge in [-0.05, 0) is 19.1 Å². The summed E-state index contributed by atoms with van der Waals surface area (Å²) < 4.78 is 1.53. The maximum atomic E-state index is 12.0. The van der Waals surface area contributed by atoms with Crippen molar-refractivity contribution in [2.45, 2.75) is 6.92 Å². The van der Waals surface area contributed by atoms with Crippen LogP contribution >= 0.6 is 0 Å². The minimum atomic E-state index is -0.230. The molecule has 0 spiro atoms. The average molecular weight is 269 g/mol. The Balaban J connectivity index is 1.76. The Morgan fingerprint density at radius 1 is 1.35 bits per heavy atom. The van der Waals surface area contributed by atoms with E-state index in [0.29, 0.717) is 17.1 Å². The van der Waals surface area contributed by atoms with Crippen LogP contribution in [0.2, 0.25) is 0 Å². The van der Waals surface area contributed by atoms with E-state index >= 15 is 0 Å². The monoisotopic (exact) mass is 269 g/mol. The molecule has 0 aliphatic heterocycles. The molecule has 0 radical (unpaired) electrons. The third-order valence-corrected chi connectivity index (χ3v) is 2.73. The zero-order valence-corrected chi connectivity index (χ0v) is 10.6. The molecule has 3 heterocycles. The van der Waals surface area contributed by atoms with Gasteiger partial charge in [-0.2, -0.15) is 10.2 Å². The van der Waals surface area contributed by atoms with E-state index in [1.165, 1.54) is 17.2 Å². The molecule has 3 aromatic rings. The van der Waals surface area contributed by atoms with Crippen molar-refractivity contribution in [1.29, 1.82) is 0 Å². The summed E-state index contributed by atoms with van der Waals surface area (Å²) in [6.45, 7) is 1.79. The Hall–Kier alpha value is -3.03. The molecule has 3 aromatic heterocycles. The maximum Gasteiger partial charge on any atom is 0.259 e. The van der Waals surface area contributed by atoms with Crippen LogP contribution in [-0.2, 0) is 0 Å². The van der Waals surface area contributed by atoms with E-state index in [1.807, 2.05) is 0 Å². The molecule has 3 rings (SSSR count). The molecule has 100 valence electrons. The summed E-state index contributed by atoms with van der Waals surface area (Å²) in [6, 6.07) is 3.49. The molecule has 0 atom stereocenters. The minimum absolute atomic E-state index is 0.230. The van der Waals surface area contributed by atoms with Crippen molar-refractivity contribution in [1.82, 2.24) is 29.9 Å². The second-order valence-corrected chi connectivity index (χ2v) is 4.11. The third kappa shape index (κ3) is 2.26. The van der Waals surface area contributed by atoms with Gasteiger partial charge in [-0.3, -0.25) is 9.89 Å². The van der Waals surface area contributed by atoms with Crippen molar-refractivity contribution in [3.05, 3.63) is 48.4 Å². The summed E-state index contributed by atoms with van der Waals surface area (Å²) >= 11 is 0. The standard InChI is InChI=1S/C12H11N7O/c1-8-10(5-15-18-8)12(20)17-9-2-3-11(14-4-9)19-7-13-6-16-19/h2-7H,1H3,(H,15,18)(H,17,20). The van der Waals surface area contributed by atoms with E-state index in [9.17, 15) is 4.79 Å². The van der Waals surface area contributed by atoms with Crippen LogP contribution < -0.4 is 5.32 Å². The van der Waals surface area contributed by atoms with E-state index in [4.69, 9.17) is 0 Å². The number of carbonyl (C=O) groups is 1. The van der Waals surface area contributed by atoms with Gasteiger partial charge in [-0.1, -0.05) is 0 Å². The fraction of sp³-hybridized carbons (Fsp3) is 0.0833. The van der Waals surface area contributed by atoms with Crippen LogP contribution in [0.5, 0.6) is 0 Å². The second kappa shape index (κ2) is 4.92. The number of carbonyl (C=O) groups excluding carboxylic acids is 1. The number of amides is 1. The van der Waals surface area contributed by atoms with Crippen molar-refractivity contribution in [3.63, 3.8) is 0 Å². The van der Waals surface area contributed by atoms with Gasteiger partial charge in [-0.15, -0.1) is 0 Å². The normalized spacial score (nSPS) is 10.4. The largest absolute Gasteiger partial charge is 0.320 e. The number of aromatic amines is 1. The van der Waals surface area contributed by atoms with Crippen LogP contribution in [0.15, 0.2) is 37.2 Å². The van der Waals surface area contributed by atoms with E-state index in [0.717, 1.165) is 5.69 Å². The van der Waals surface area contributed by atoms with Gasteiger partial charge in [0.05, 0.1) is 23.6 Å². The number of rotatable bonds is 3. The number of nitrogens with zero attached hydrogens (tertiary/aromatic N) is 5. The molecule has 0 fully saturated rings. The van der Waals surface area contributed by atoms with Crippen molar-refractivity contribution in [2.24, 2.45) is 0 Å². The molecule has 0 aliphatic carbocycles. The summed E-state index contributed by atoms with van der Waals surface area (Å²) in [4.78, 5) is 20.0. The average Bonchev–Trinajstić information content (AvgIpc) is 3.10. The summed E-state index contributed by atoms with van der Waals surface area (Å²) in [7, 11) is 0. The van der Waals surface area contributed by atoms with Crippen LogP contribution in [0.4, 0.5) is 5.69 Å². The number of hydrogen-bond acceptors (Lipinski definition) is 5. The zero-order valence-electron chi connectivity index (χ0n) is 10.6. The van der Waals surface area contributed by atoms with Gasteiger partial charge in [0.1, 0.15) is 12.7 Å². The van der Waals surface area contributed by atoms with Gasteiger partial charge in [0, 0.05) is 5.69 Å². The van der Waals surface area contributed by atoms with Gasteiger partial charge in [-0.25, -0.2) is 14.6 Å². The summed E-state index contributed by atoms with van der Waals surface area (Å²) in [5.74, 6) is 0.395. The highest BCUT2D eigenvalue weighted by Crippen LogP contribution is 2.11. The topological polar surface area (TPSA) is 101 Å². The molecule has 0 saturated carbocycles. The predicted octanol–water partition coefficient (Wildman–Crippen LogP) is 0.946. The molecular formula is C12H11N7O. The van der Waals surface area contributed by atoms with Crippen molar-refractivity contribution in [3.8, 4) is 5.82 Å². The molecular weight excluding hydrogens is 258 g/mol. The minimum Gasteiger partial charge on any atom is -0.320 e. The molecule has 0 aromatic carbocycles. The highest BCUT2D eigenvalue weighted by atomic mass is 16.1. The van der Waals surface area contributed by atoms with Crippen molar-refractivity contribution < 1.29 is 4.79 Å². The Morgan fingerprint density at radius 3 is 2.85 bits per heavy atom. The number of aromatic nitrogens is 6. The molecule has 1 amide bonds. The Kier molecular flexibility index (Phi) is 2.96. The quantitative estimate of drug-likeness (QED) is 0.737. The SMILES string of the molecule is Cc1[nH]ncc1C(=O)Nc1ccc(-n2cncn2)nc1. The molecule has 8 nitrogen and oxygen atoms in total. The molecule has 0 unspecified atom stereocenters. The first kappa shape index (κ1) is 12.0. The second-order valence-electron chi connectivity index (χ2n) is 4.11. The number of nitrogens with one attached hydrogen (secondary N) is 2. The first-order valence-corrected chi connectivity index (χ1v) is 5.86. The lowest BCUT2D eigenvalue weighted by molar-refractivity contribution is 0.102. The lowest BCUT2D eigenvalue weighted by atomic mass is 10.2. The number of pyridine rings is 1. The van der Waals surface area contributed by atoms with Gasteiger partial charge in [0.15, 0.2) is 5.82 Å². The Morgan fingerprint density at radius 2 is 2.25 bits per heavy atom. The smallest absolute Gasteiger partial charge is 0.259 e. The zero-order chi connectivity index (χ0) is 13.9. The van der Waals surface area contributed by atoms with Crippen LogP contribution in [0.3, 0.4) is 0 Å². The van der Waals surface area contributed by atoms with Crippen LogP contribution in [0.1, 0.15) is 16.1 Å². The molecule has 0 aliphatic rings. The molecule has 0 saturated heterocycles. The summed E-state index contributed by atoms with van der Waals surface area (Å²) in [6.07, 6.45) is 6.03. The fourth-order valence-corrected chi connectivity index (χ4v) is 1.70. The van der Waals surface area contributed by atoms with E-state index in [2.05, 4.69) is 30.6 Å². The summed E-state index contributed by atoms with van der Waals surface area (Å²) in [5.41, 5.74) is 1.82. The first-order chi connectivity index (χ1) is 9.74. The highest BCUT2D eigenvalue weighted by molar-refractivity contribution is 6.04. The Labute approximate surface area is 113 Å². The molecule has 2 N–H and O–H groups in total. The van der Waals surface area contributed by atoms with E-state index < -0.39 is 0 Å².